The number of hydrogen-bond acceptors (Lipinski definition) is 7. The quantitative estimate of drug-likeness (QED) is 0.602. The maximum Gasteiger partial charge on any atom is 0.223 e. The first-order valence-corrected chi connectivity index (χ1v) is 10.4. The molecule has 3 aromatic rings. The van der Waals surface area contributed by atoms with E-state index in [9.17, 15) is 0 Å². The number of rotatable bonds is 5. The molecule has 0 unspecified atom stereocenters. The molecule has 0 amide bonds. The monoisotopic (exact) mass is 431 g/mol. The minimum Gasteiger partial charge on any atom is -0.351 e. The normalized spacial score (nSPS) is 19.5. The number of halogens is 2. The Kier molecular flexibility index (Phi) is 5.99. The van der Waals surface area contributed by atoms with Gasteiger partial charge in [0.1, 0.15) is 17.4 Å². The van der Waals surface area contributed by atoms with E-state index < -0.39 is 0 Å². The van der Waals surface area contributed by atoms with Gasteiger partial charge in [0, 0.05) is 17.8 Å². The van der Waals surface area contributed by atoms with Gasteiger partial charge in [-0.2, -0.15) is 0 Å². The van der Waals surface area contributed by atoms with E-state index in [1.54, 1.807) is 18.3 Å². The molecule has 0 bridgehead atoms. The zero-order chi connectivity index (χ0) is 20.4. The summed E-state index contributed by atoms with van der Waals surface area (Å²) < 4.78 is 0. The Morgan fingerprint density at radius 3 is 2.52 bits per heavy atom. The number of hydrogen-bond donors (Lipinski definition) is 2. The van der Waals surface area contributed by atoms with Crippen molar-refractivity contribution in [3.63, 3.8) is 0 Å². The van der Waals surface area contributed by atoms with Crippen molar-refractivity contribution < 1.29 is 0 Å². The van der Waals surface area contributed by atoms with E-state index in [4.69, 9.17) is 23.2 Å². The number of nitrogens with zero attached hydrogens (tertiary/aromatic N) is 5. The Morgan fingerprint density at radius 2 is 1.79 bits per heavy atom. The summed E-state index contributed by atoms with van der Waals surface area (Å²) in [7, 11) is 4.29. The lowest BCUT2D eigenvalue weighted by Gasteiger charge is -2.32. The van der Waals surface area contributed by atoms with Gasteiger partial charge in [0.15, 0.2) is 5.82 Å². The zero-order valence-corrected chi connectivity index (χ0v) is 17.9. The zero-order valence-electron chi connectivity index (χ0n) is 16.4. The van der Waals surface area contributed by atoms with Crippen LogP contribution in [0.25, 0.3) is 11.0 Å². The Labute approximate surface area is 179 Å². The van der Waals surface area contributed by atoms with Crippen LogP contribution in [-0.4, -0.2) is 51.0 Å². The van der Waals surface area contributed by atoms with Crippen molar-refractivity contribution in [1.82, 2.24) is 24.8 Å². The minimum absolute atomic E-state index is 0.375. The Morgan fingerprint density at radius 1 is 1.00 bits per heavy atom. The highest BCUT2D eigenvalue weighted by Crippen LogP contribution is 2.29. The Balaban J connectivity index is 1.53. The molecular formula is C20H23Cl2N7. The average molecular weight is 432 g/mol. The molecule has 0 saturated heterocycles. The van der Waals surface area contributed by atoms with Gasteiger partial charge >= 0.3 is 0 Å². The predicted molar refractivity (Wildman–Crippen MR) is 118 cm³/mol. The fourth-order valence-corrected chi connectivity index (χ4v) is 3.94. The summed E-state index contributed by atoms with van der Waals surface area (Å²) in [6.45, 7) is 0. The lowest BCUT2D eigenvalue weighted by Crippen LogP contribution is -2.36. The first-order chi connectivity index (χ1) is 14.0. The SMILES string of the molecule is CN(C)C1CCC(Nc2ncc3ncnc(Nc4ccc(Cl)c(Cl)c4)c3n2)CC1. The van der Waals surface area contributed by atoms with Crippen LogP contribution >= 0.6 is 23.2 Å². The third kappa shape index (κ3) is 4.69. The van der Waals surface area contributed by atoms with Gasteiger partial charge in [-0.25, -0.2) is 19.9 Å². The van der Waals surface area contributed by atoms with Crippen molar-refractivity contribution >= 4 is 51.7 Å². The average Bonchev–Trinajstić information content (AvgIpc) is 2.71. The second kappa shape index (κ2) is 8.65. The van der Waals surface area contributed by atoms with Gasteiger partial charge in [-0.3, -0.25) is 0 Å². The molecule has 2 N–H and O–H groups in total. The van der Waals surface area contributed by atoms with Gasteiger partial charge in [0.2, 0.25) is 5.95 Å². The second-order valence-corrected chi connectivity index (χ2v) is 8.33. The number of fused-ring (bicyclic) bond motifs is 1. The number of nitrogens with one attached hydrogen (secondary N) is 2. The molecule has 2 heterocycles. The van der Waals surface area contributed by atoms with E-state index in [2.05, 4.69) is 49.6 Å². The summed E-state index contributed by atoms with van der Waals surface area (Å²) >= 11 is 12.1. The maximum atomic E-state index is 6.12. The maximum absolute atomic E-state index is 6.12. The highest BCUT2D eigenvalue weighted by molar-refractivity contribution is 6.42. The molecule has 1 saturated carbocycles. The fraction of sp³-hybridized carbons (Fsp3) is 0.400. The van der Waals surface area contributed by atoms with Crippen molar-refractivity contribution in [3.05, 3.63) is 40.8 Å². The molecule has 1 fully saturated rings. The van der Waals surface area contributed by atoms with Crippen LogP contribution in [0.1, 0.15) is 25.7 Å². The van der Waals surface area contributed by atoms with Crippen molar-refractivity contribution in [2.75, 3.05) is 24.7 Å². The summed E-state index contributed by atoms with van der Waals surface area (Å²) in [6, 6.07) is 6.36. The molecule has 1 aliphatic rings. The Bertz CT molecular complexity index is 1000. The number of aromatic nitrogens is 4. The van der Waals surface area contributed by atoms with Gasteiger partial charge in [-0.15, -0.1) is 0 Å². The van der Waals surface area contributed by atoms with E-state index in [1.807, 2.05) is 6.07 Å². The second-order valence-electron chi connectivity index (χ2n) is 7.52. The van der Waals surface area contributed by atoms with Crippen LogP contribution < -0.4 is 10.6 Å². The molecule has 1 aromatic carbocycles. The third-order valence-corrected chi connectivity index (χ3v) is 6.06. The topological polar surface area (TPSA) is 78.9 Å². The molecule has 0 aliphatic heterocycles. The smallest absolute Gasteiger partial charge is 0.223 e. The van der Waals surface area contributed by atoms with Crippen LogP contribution in [0.4, 0.5) is 17.5 Å². The predicted octanol–water partition coefficient (Wildman–Crippen LogP) is 4.75. The fourth-order valence-electron chi connectivity index (χ4n) is 3.64. The first-order valence-electron chi connectivity index (χ1n) is 9.62. The van der Waals surface area contributed by atoms with Crippen molar-refractivity contribution in [2.24, 2.45) is 0 Å². The lowest BCUT2D eigenvalue weighted by atomic mass is 9.91. The third-order valence-electron chi connectivity index (χ3n) is 5.32. The molecule has 152 valence electrons. The highest BCUT2D eigenvalue weighted by Gasteiger charge is 2.23. The largest absolute Gasteiger partial charge is 0.351 e. The summed E-state index contributed by atoms with van der Waals surface area (Å²) in [4.78, 5) is 20.1. The molecule has 0 atom stereocenters. The first kappa shape index (κ1) is 20.1. The van der Waals surface area contributed by atoms with Crippen LogP contribution in [0.3, 0.4) is 0 Å². The summed E-state index contributed by atoms with van der Waals surface area (Å²) in [5.41, 5.74) is 2.09. The molecule has 9 heteroatoms. The molecule has 4 rings (SSSR count). The molecular weight excluding hydrogens is 409 g/mol. The highest BCUT2D eigenvalue weighted by atomic mass is 35.5. The van der Waals surface area contributed by atoms with Gasteiger partial charge in [0.05, 0.1) is 16.2 Å². The summed E-state index contributed by atoms with van der Waals surface area (Å²) in [5.74, 6) is 1.19. The Hall–Kier alpha value is -2.22. The minimum atomic E-state index is 0.375. The van der Waals surface area contributed by atoms with Crippen LogP contribution in [0.2, 0.25) is 10.0 Å². The molecule has 7 nitrogen and oxygen atoms in total. The van der Waals surface area contributed by atoms with Crippen molar-refractivity contribution in [3.8, 4) is 0 Å². The van der Waals surface area contributed by atoms with Gasteiger partial charge < -0.3 is 15.5 Å². The van der Waals surface area contributed by atoms with Crippen LogP contribution in [0, 0.1) is 0 Å². The van der Waals surface area contributed by atoms with E-state index in [-0.39, 0.29) is 0 Å². The van der Waals surface area contributed by atoms with Crippen LogP contribution in [0.5, 0.6) is 0 Å². The standard InChI is InChI=1S/C20H23Cl2N7/c1-29(2)14-6-3-12(4-7-14)27-20-23-10-17-18(28-20)19(25-11-24-17)26-13-5-8-15(21)16(22)9-13/h5,8-12,14H,3-4,6-7H2,1-2H3,(H,23,27,28)(H,24,25,26). The van der Waals surface area contributed by atoms with Crippen molar-refractivity contribution in [1.29, 1.82) is 0 Å². The number of benzene rings is 1. The van der Waals surface area contributed by atoms with Crippen molar-refractivity contribution in [2.45, 2.75) is 37.8 Å². The van der Waals surface area contributed by atoms with Gasteiger partial charge in [-0.1, -0.05) is 23.2 Å². The van der Waals surface area contributed by atoms with E-state index in [0.29, 0.717) is 44.9 Å². The van der Waals surface area contributed by atoms with Crippen LogP contribution in [-0.2, 0) is 0 Å². The summed E-state index contributed by atoms with van der Waals surface area (Å²) in [5, 5.41) is 7.70. The van der Waals surface area contributed by atoms with Gasteiger partial charge in [0.25, 0.3) is 0 Å². The van der Waals surface area contributed by atoms with E-state index >= 15 is 0 Å². The number of anilines is 3. The van der Waals surface area contributed by atoms with Gasteiger partial charge in [-0.05, 0) is 58.0 Å². The molecule has 0 radical (unpaired) electrons. The van der Waals surface area contributed by atoms with E-state index in [0.717, 1.165) is 18.5 Å². The van der Waals surface area contributed by atoms with Crippen LogP contribution in [0.15, 0.2) is 30.7 Å². The molecule has 29 heavy (non-hydrogen) atoms. The van der Waals surface area contributed by atoms with E-state index in [1.165, 1.54) is 19.2 Å². The molecule has 2 aromatic heterocycles. The molecule has 0 spiro atoms. The summed E-state index contributed by atoms with van der Waals surface area (Å²) in [6.07, 6.45) is 7.75. The molecule has 1 aliphatic carbocycles. The lowest BCUT2D eigenvalue weighted by molar-refractivity contribution is 0.221.